The lowest BCUT2D eigenvalue weighted by molar-refractivity contribution is -0.121. The van der Waals surface area contributed by atoms with Crippen molar-refractivity contribution in [1.29, 1.82) is 0 Å². The number of ether oxygens (including phenoxy) is 2. The highest BCUT2D eigenvalue weighted by Gasteiger charge is 2.15. The lowest BCUT2D eigenvalue weighted by Gasteiger charge is -2.18. The first-order valence-corrected chi connectivity index (χ1v) is 6.94. The summed E-state index contributed by atoms with van der Waals surface area (Å²) < 4.78 is 10.5. The number of likely N-dealkylation sites (N-methyl/N-ethyl adjacent to an activating group) is 1. The van der Waals surface area contributed by atoms with E-state index in [0.717, 1.165) is 5.56 Å². The number of rotatable bonds is 8. The standard InChI is InChI=1S/C15H23N3O4/c1-10(18-15(20)9-17-8-14(19)16-2)12-7-11(21-3)5-6-13(12)22-4/h5-7,10,17H,8-9H2,1-4H3,(H,16,19)(H,18,20)/t10-/m0/s1. The number of methoxy groups -OCH3 is 2. The van der Waals surface area contributed by atoms with E-state index < -0.39 is 0 Å². The van der Waals surface area contributed by atoms with Gasteiger partial charge in [0, 0.05) is 12.6 Å². The zero-order valence-electron chi connectivity index (χ0n) is 13.4. The minimum absolute atomic E-state index is 0.0596. The van der Waals surface area contributed by atoms with Gasteiger partial charge in [0.25, 0.3) is 0 Å². The molecule has 0 aliphatic carbocycles. The SMILES string of the molecule is CNC(=O)CNCC(=O)N[C@@H](C)c1cc(OC)ccc1OC. The summed E-state index contributed by atoms with van der Waals surface area (Å²) in [7, 11) is 4.70. The van der Waals surface area contributed by atoms with Crippen LogP contribution < -0.4 is 25.4 Å². The Morgan fingerprint density at radius 2 is 1.82 bits per heavy atom. The lowest BCUT2D eigenvalue weighted by atomic mass is 10.1. The number of nitrogens with one attached hydrogen (secondary N) is 3. The number of carbonyl (C=O) groups excluding carboxylic acids is 2. The average Bonchev–Trinajstić information content (AvgIpc) is 2.53. The molecule has 0 aliphatic rings. The van der Waals surface area contributed by atoms with E-state index in [0.29, 0.717) is 11.5 Å². The van der Waals surface area contributed by atoms with Gasteiger partial charge in [-0.15, -0.1) is 0 Å². The third kappa shape index (κ3) is 5.25. The van der Waals surface area contributed by atoms with Crippen molar-refractivity contribution in [2.75, 3.05) is 34.4 Å². The van der Waals surface area contributed by atoms with Gasteiger partial charge in [-0.1, -0.05) is 0 Å². The van der Waals surface area contributed by atoms with Gasteiger partial charge in [-0.3, -0.25) is 14.9 Å². The molecule has 0 spiro atoms. The third-order valence-corrected chi connectivity index (χ3v) is 3.13. The van der Waals surface area contributed by atoms with E-state index in [1.54, 1.807) is 33.4 Å². The minimum Gasteiger partial charge on any atom is -0.497 e. The van der Waals surface area contributed by atoms with E-state index in [-0.39, 0.29) is 30.9 Å². The molecule has 0 saturated carbocycles. The Bertz CT molecular complexity index is 520. The molecule has 2 amide bonds. The maximum Gasteiger partial charge on any atom is 0.234 e. The molecular formula is C15H23N3O4. The Labute approximate surface area is 130 Å². The normalized spacial score (nSPS) is 11.5. The predicted molar refractivity (Wildman–Crippen MR) is 83.0 cm³/mol. The molecule has 7 heteroatoms. The Hall–Kier alpha value is -2.28. The van der Waals surface area contributed by atoms with Crippen LogP contribution in [-0.2, 0) is 9.59 Å². The van der Waals surface area contributed by atoms with Crippen LogP contribution in [-0.4, -0.2) is 46.2 Å². The van der Waals surface area contributed by atoms with Crippen LogP contribution in [0.25, 0.3) is 0 Å². The zero-order valence-corrected chi connectivity index (χ0v) is 13.4. The molecule has 1 rings (SSSR count). The first kappa shape index (κ1) is 17.8. The largest absolute Gasteiger partial charge is 0.497 e. The number of hydrogen-bond donors (Lipinski definition) is 3. The van der Waals surface area contributed by atoms with E-state index in [1.807, 2.05) is 13.0 Å². The van der Waals surface area contributed by atoms with E-state index in [1.165, 1.54) is 0 Å². The Kier molecular flexibility index (Phi) is 7.18. The highest BCUT2D eigenvalue weighted by Crippen LogP contribution is 2.29. The van der Waals surface area contributed by atoms with Crippen LogP contribution in [0.4, 0.5) is 0 Å². The molecule has 0 radical (unpaired) electrons. The number of hydrogen-bond acceptors (Lipinski definition) is 5. The van der Waals surface area contributed by atoms with Crippen LogP contribution in [0, 0.1) is 0 Å². The Morgan fingerprint density at radius 1 is 1.14 bits per heavy atom. The van der Waals surface area contributed by atoms with Gasteiger partial charge >= 0.3 is 0 Å². The summed E-state index contributed by atoms with van der Waals surface area (Å²) in [6.07, 6.45) is 0. The Balaban J connectivity index is 2.62. The van der Waals surface area contributed by atoms with E-state index in [9.17, 15) is 9.59 Å². The molecule has 1 aromatic rings. The molecule has 0 bridgehead atoms. The summed E-state index contributed by atoms with van der Waals surface area (Å²) >= 11 is 0. The van der Waals surface area contributed by atoms with Crippen molar-refractivity contribution in [1.82, 2.24) is 16.0 Å². The maximum atomic E-state index is 11.9. The number of amides is 2. The van der Waals surface area contributed by atoms with Crippen LogP contribution in [0.2, 0.25) is 0 Å². The highest BCUT2D eigenvalue weighted by atomic mass is 16.5. The fraction of sp³-hybridized carbons (Fsp3) is 0.467. The number of carbonyl (C=O) groups is 2. The third-order valence-electron chi connectivity index (χ3n) is 3.13. The van der Waals surface area contributed by atoms with Gasteiger partial charge in [0.1, 0.15) is 11.5 Å². The second-order valence-electron chi connectivity index (χ2n) is 4.67. The summed E-state index contributed by atoms with van der Waals surface area (Å²) in [6.45, 7) is 2.01. The van der Waals surface area contributed by atoms with Crippen molar-refractivity contribution >= 4 is 11.8 Å². The lowest BCUT2D eigenvalue weighted by Crippen LogP contribution is -2.39. The van der Waals surface area contributed by atoms with Crippen LogP contribution >= 0.6 is 0 Å². The monoisotopic (exact) mass is 309 g/mol. The fourth-order valence-corrected chi connectivity index (χ4v) is 1.93. The van der Waals surface area contributed by atoms with Crippen molar-refractivity contribution in [2.24, 2.45) is 0 Å². The van der Waals surface area contributed by atoms with Gasteiger partial charge in [-0.05, 0) is 25.1 Å². The van der Waals surface area contributed by atoms with Gasteiger partial charge in [-0.25, -0.2) is 0 Å². The molecule has 22 heavy (non-hydrogen) atoms. The molecule has 0 aliphatic heterocycles. The van der Waals surface area contributed by atoms with Gasteiger partial charge in [0.2, 0.25) is 11.8 Å². The highest BCUT2D eigenvalue weighted by molar-refractivity contribution is 5.81. The molecule has 1 atom stereocenters. The summed E-state index contributed by atoms with van der Waals surface area (Å²) in [5.41, 5.74) is 0.821. The zero-order chi connectivity index (χ0) is 16.5. The summed E-state index contributed by atoms with van der Waals surface area (Å²) in [5, 5.41) is 8.08. The fourth-order valence-electron chi connectivity index (χ4n) is 1.93. The van der Waals surface area contributed by atoms with Crippen molar-refractivity contribution < 1.29 is 19.1 Å². The van der Waals surface area contributed by atoms with E-state index in [4.69, 9.17) is 9.47 Å². The molecule has 7 nitrogen and oxygen atoms in total. The van der Waals surface area contributed by atoms with E-state index in [2.05, 4.69) is 16.0 Å². The van der Waals surface area contributed by atoms with Crippen LogP contribution in [0.1, 0.15) is 18.5 Å². The van der Waals surface area contributed by atoms with Gasteiger partial charge < -0.3 is 20.1 Å². The number of benzene rings is 1. The predicted octanol–water partition coefficient (Wildman–Crippen LogP) is 0.217. The van der Waals surface area contributed by atoms with Gasteiger partial charge in [-0.2, -0.15) is 0 Å². The molecule has 0 fully saturated rings. The molecule has 3 N–H and O–H groups in total. The maximum absolute atomic E-state index is 11.9. The second-order valence-corrected chi connectivity index (χ2v) is 4.67. The molecule has 0 saturated heterocycles. The molecular weight excluding hydrogens is 286 g/mol. The molecule has 122 valence electrons. The second kappa shape index (κ2) is 8.89. The van der Waals surface area contributed by atoms with Crippen molar-refractivity contribution in [2.45, 2.75) is 13.0 Å². The molecule has 0 aromatic heterocycles. The van der Waals surface area contributed by atoms with Crippen molar-refractivity contribution in [3.8, 4) is 11.5 Å². The summed E-state index contributed by atoms with van der Waals surface area (Å²) in [4.78, 5) is 22.9. The van der Waals surface area contributed by atoms with E-state index >= 15 is 0 Å². The van der Waals surface area contributed by atoms with Crippen LogP contribution in [0.5, 0.6) is 11.5 Å². The summed E-state index contributed by atoms with van der Waals surface area (Å²) in [6, 6.07) is 5.16. The Morgan fingerprint density at radius 3 is 2.41 bits per heavy atom. The van der Waals surface area contributed by atoms with Crippen molar-refractivity contribution in [3.05, 3.63) is 23.8 Å². The molecule has 0 unspecified atom stereocenters. The van der Waals surface area contributed by atoms with Gasteiger partial charge in [0.05, 0.1) is 33.4 Å². The van der Waals surface area contributed by atoms with Crippen LogP contribution in [0.15, 0.2) is 18.2 Å². The minimum atomic E-state index is -0.251. The average molecular weight is 309 g/mol. The quantitative estimate of drug-likeness (QED) is 0.639. The molecule has 1 aromatic carbocycles. The first-order valence-electron chi connectivity index (χ1n) is 6.94. The first-order chi connectivity index (χ1) is 10.5. The summed E-state index contributed by atoms with van der Waals surface area (Å²) in [5.74, 6) is 0.984. The van der Waals surface area contributed by atoms with Crippen molar-refractivity contribution in [3.63, 3.8) is 0 Å². The molecule has 0 heterocycles. The van der Waals surface area contributed by atoms with Crippen LogP contribution in [0.3, 0.4) is 0 Å². The van der Waals surface area contributed by atoms with Gasteiger partial charge in [0.15, 0.2) is 0 Å². The topological polar surface area (TPSA) is 88.7 Å². The smallest absolute Gasteiger partial charge is 0.234 e.